The molecular weight excluding hydrogens is 398 g/mol. The van der Waals surface area contributed by atoms with Crippen LogP contribution >= 0.6 is 34.9 Å². The van der Waals surface area contributed by atoms with E-state index >= 15 is 0 Å². The van der Waals surface area contributed by atoms with Gasteiger partial charge in [0, 0.05) is 50.1 Å². The number of anilines is 1. The quantitative estimate of drug-likeness (QED) is 0.639. The van der Waals surface area contributed by atoms with Crippen LogP contribution in [0, 0.1) is 3.95 Å². The Labute approximate surface area is 173 Å². The van der Waals surface area contributed by atoms with Crippen LogP contribution in [0.2, 0.25) is 0 Å². The molecule has 2 fully saturated rings. The largest absolute Gasteiger partial charge is 0.296 e. The molecule has 1 aliphatic carbocycles. The summed E-state index contributed by atoms with van der Waals surface area (Å²) in [5, 5.41) is 7.61. The summed E-state index contributed by atoms with van der Waals surface area (Å²) in [4.78, 5) is 20.5. The summed E-state index contributed by atoms with van der Waals surface area (Å²) in [7, 11) is 0. The zero-order valence-electron chi connectivity index (χ0n) is 15.5. The number of hydrogen-bond donors (Lipinski definition) is 0. The molecule has 1 saturated heterocycles. The van der Waals surface area contributed by atoms with Crippen LogP contribution in [0.3, 0.4) is 0 Å². The molecule has 146 valence electrons. The lowest BCUT2D eigenvalue weighted by atomic mass is 10.3. The van der Waals surface area contributed by atoms with Crippen molar-refractivity contribution in [3.63, 3.8) is 0 Å². The topological polar surface area (TPSA) is 44.6 Å². The van der Waals surface area contributed by atoms with E-state index in [2.05, 4.69) is 27.3 Å². The maximum absolute atomic E-state index is 12.3. The summed E-state index contributed by atoms with van der Waals surface area (Å²) < 4.78 is 2.64. The number of piperazine rings is 1. The van der Waals surface area contributed by atoms with Gasteiger partial charge >= 0.3 is 0 Å². The van der Waals surface area contributed by atoms with Crippen molar-refractivity contribution in [3.05, 3.63) is 26.3 Å². The first-order chi connectivity index (χ1) is 13.1. The molecule has 27 heavy (non-hydrogen) atoms. The van der Waals surface area contributed by atoms with Gasteiger partial charge in [-0.1, -0.05) is 24.3 Å². The molecule has 6 nitrogen and oxygen atoms in total. The highest BCUT2D eigenvalue weighted by atomic mass is 32.1. The van der Waals surface area contributed by atoms with Gasteiger partial charge in [0.15, 0.2) is 3.95 Å². The number of thiophene rings is 1. The fraction of sp³-hybridized carbons (Fsp3) is 0.611. The van der Waals surface area contributed by atoms with Crippen LogP contribution in [0.15, 0.2) is 17.5 Å². The van der Waals surface area contributed by atoms with Crippen LogP contribution in [0.4, 0.5) is 5.13 Å². The molecule has 1 amide bonds. The Bertz CT molecular complexity index is 818. The lowest BCUT2D eigenvalue weighted by Gasteiger charge is -2.34. The third kappa shape index (κ3) is 4.65. The number of nitrogens with zero attached hydrogens (tertiary/aromatic N) is 5. The number of rotatable bonds is 7. The first kappa shape index (κ1) is 19.2. The fourth-order valence-corrected chi connectivity index (χ4v) is 5.27. The van der Waals surface area contributed by atoms with E-state index in [1.165, 1.54) is 16.2 Å². The van der Waals surface area contributed by atoms with Gasteiger partial charge in [-0.15, -0.1) is 16.4 Å². The Morgan fingerprint density at radius 1 is 1.30 bits per heavy atom. The predicted molar refractivity (Wildman–Crippen MR) is 113 cm³/mol. The molecule has 1 saturated carbocycles. The summed E-state index contributed by atoms with van der Waals surface area (Å²) >= 11 is 8.82. The highest BCUT2D eigenvalue weighted by Gasteiger charge is 2.35. The van der Waals surface area contributed by atoms with Gasteiger partial charge in [-0.2, -0.15) is 0 Å². The number of carbonyl (C=O) groups is 1. The standard InChI is InChI=1S/C18H25N5OS3/c1-2-16(24)23(14-5-6-14)17-19-22(18(25)27-17)13-21-9-7-20(8-10-21)12-15-4-3-11-26-15/h3-4,11,14H,2,5-10,12-13H2,1H3. The molecule has 0 bridgehead atoms. The fourth-order valence-electron chi connectivity index (χ4n) is 3.35. The van der Waals surface area contributed by atoms with Gasteiger partial charge in [-0.05, 0) is 36.5 Å². The molecule has 2 aromatic rings. The lowest BCUT2D eigenvalue weighted by molar-refractivity contribution is -0.118. The molecule has 0 spiro atoms. The SMILES string of the molecule is CCC(=O)N(c1nn(CN2CCN(Cc3cccs3)CC2)c(=S)s1)C1CC1. The van der Waals surface area contributed by atoms with E-state index in [-0.39, 0.29) is 5.91 Å². The van der Waals surface area contributed by atoms with Crippen LogP contribution in [-0.4, -0.2) is 57.7 Å². The smallest absolute Gasteiger partial charge is 0.228 e. The van der Waals surface area contributed by atoms with Gasteiger partial charge in [0.25, 0.3) is 0 Å². The maximum atomic E-state index is 12.3. The van der Waals surface area contributed by atoms with Crippen molar-refractivity contribution in [2.24, 2.45) is 0 Å². The molecule has 4 rings (SSSR count). The van der Waals surface area contributed by atoms with E-state index in [1.54, 1.807) is 0 Å². The minimum Gasteiger partial charge on any atom is -0.296 e. The zero-order chi connectivity index (χ0) is 18.8. The molecule has 0 radical (unpaired) electrons. The normalized spacial score (nSPS) is 18.7. The van der Waals surface area contributed by atoms with E-state index < -0.39 is 0 Å². The van der Waals surface area contributed by atoms with Crippen LogP contribution in [-0.2, 0) is 18.0 Å². The Hall–Kier alpha value is -1.13. The molecule has 9 heteroatoms. The van der Waals surface area contributed by atoms with Gasteiger partial charge in [0.05, 0.1) is 6.67 Å². The second-order valence-electron chi connectivity index (χ2n) is 7.11. The monoisotopic (exact) mass is 423 g/mol. The highest BCUT2D eigenvalue weighted by molar-refractivity contribution is 7.73. The Balaban J connectivity index is 1.35. The van der Waals surface area contributed by atoms with Crippen molar-refractivity contribution in [2.45, 2.75) is 45.4 Å². The van der Waals surface area contributed by atoms with E-state index in [0.29, 0.717) is 19.1 Å². The second kappa shape index (κ2) is 8.48. The minimum atomic E-state index is 0.149. The molecule has 0 unspecified atom stereocenters. The van der Waals surface area contributed by atoms with Crippen molar-refractivity contribution < 1.29 is 4.79 Å². The van der Waals surface area contributed by atoms with Gasteiger partial charge in [-0.3, -0.25) is 19.5 Å². The molecule has 0 atom stereocenters. The van der Waals surface area contributed by atoms with Crippen molar-refractivity contribution in [1.29, 1.82) is 0 Å². The van der Waals surface area contributed by atoms with Crippen LogP contribution < -0.4 is 4.90 Å². The van der Waals surface area contributed by atoms with Gasteiger partial charge < -0.3 is 0 Å². The summed E-state index contributed by atoms with van der Waals surface area (Å²) in [5.41, 5.74) is 0. The number of amides is 1. The number of carbonyl (C=O) groups excluding carboxylic acids is 1. The molecule has 1 aliphatic heterocycles. The van der Waals surface area contributed by atoms with Crippen molar-refractivity contribution in [1.82, 2.24) is 19.6 Å². The lowest BCUT2D eigenvalue weighted by Crippen LogP contribution is -2.46. The van der Waals surface area contributed by atoms with E-state index in [1.807, 2.05) is 27.8 Å². The summed E-state index contributed by atoms with van der Waals surface area (Å²) in [6.07, 6.45) is 2.66. The van der Waals surface area contributed by atoms with Crippen molar-refractivity contribution in [3.8, 4) is 0 Å². The van der Waals surface area contributed by atoms with E-state index in [4.69, 9.17) is 17.3 Å². The summed E-state index contributed by atoms with van der Waals surface area (Å²) in [5.74, 6) is 0.149. The first-order valence-corrected chi connectivity index (χ1v) is 11.6. The molecule has 0 N–H and O–H groups in total. The third-order valence-electron chi connectivity index (χ3n) is 5.04. The number of hydrogen-bond acceptors (Lipinski definition) is 7. The van der Waals surface area contributed by atoms with Crippen LogP contribution in [0.5, 0.6) is 0 Å². The van der Waals surface area contributed by atoms with Crippen molar-refractivity contribution >= 4 is 45.9 Å². The molecule has 3 heterocycles. The van der Waals surface area contributed by atoms with Crippen molar-refractivity contribution in [2.75, 3.05) is 31.1 Å². The average molecular weight is 424 g/mol. The Morgan fingerprint density at radius 3 is 2.67 bits per heavy atom. The molecule has 2 aliphatic rings. The third-order valence-corrected chi connectivity index (χ3v) is 7.21. The zero-order valence-corrected chi connectivity index (χ0v) is 18.0. The van der Waals surface area contributed by atoms with Gasteiger partial charge in [0.2, 0.25) is 11.0 Å². The molecule has 2 aromatic heterocycles. The van der Waals surface area contributed by atoms with Crippen LogP contribution in [0.1, 0.15) is 31.1 Å². The second-order valence-corrected chi connectivity index (χ2v) is 9.75. The predicted octanol–water partition coefficient (Wildman–Crippen LogP) is 3.42. The summed E-state index contributed by atoms with van der Waals surface area (Å²) in [6.45, 7) is 7.81. The van der Waals surface area contributed by atoms with Gasteiger partial charge in [-0.25, -0.2) is 4.68 Å². The van der Waals surface area contributed by atoms with Crippen LogP contribution in [0.25, 0.3) is 0 Å². The first-order valence-electron chi connectivity index (χ1n) is 9.51. The van der Waals surface area contributed by atoms with E-state index in [9.17, 15) is 4.79 Å². The highest BCUT2D eigenvalue weighted by Crippen LogP contribution is 2.33. The number of aromatic nitrogens is 2. The molecular formula is C18H25N5OS3. The average Bonchev–Trinajstić information content (AvgIpc) is 3.24. The van der Waals surface area contributed by atoms with E-state index in [0.717, 1.165) is 54.7 Å². The van der Waals surface area contributed by atoms with Gasteiger partial charge in [0.1, 0.15) is 0 Å². The Morgan fingerprint density at radius 2 is 2.04 bits per heavy atom. The maximum Gasteiger partial charge on any atom is 0.228 e. The summed E-state index contributed by atoms with van der Waals surface area (Å²) in [6, 6.07) is 4.65. The minimum absolute atomic E-state index is 0.149. The Kier molecular flexibility index (Phi) is 6.03. The molecule has 0 aromatic carbocycles.